The van der Waals surface area contributed by atoms with Gasteiger partial charge in [-0.1, -0.05) is 30.3 Å². The van der Waals surface area contributed by atoms with E-state index in [1.165, 1.54) is 5.56 Å². The summed E-state index contributed by atoms with van der Waals surface area (Å²) in [6.45, 7) is 0. The van der Waals surface area contributed by atoms with Crippen LogP contribution in [0.3, 0.4) is 0 Å². The highest BCUT2D eigenvalue weighted by Gasteiger charge is 2.09. The number of rotatable bonds is 5. The van der Waals surface area contributed by atoms with Crippen LogP contribution >= 0.6 is 11.8 Å². The minimum Gasteiger partial charge on any atom is -0.340 e. The first-order valence-electron chi connectivity index (χ1n) is 8.53. The minimum absolute atomic E-state index is 0.0382. The van der Waals surface area contributed by atoms with Gasteiger partial charge in [-0.3, -0.25) is 9.13 Å². The molecule has 0 aliphatic carbocycles. The van der Waals surface area contributed by atoms with Gasteiger partial charge in [-0.2, -0.15) is 0 Å². The maximum absolute atomic E-state index is 12.1. The summed E-state index contributed by atoms with van der Waals surface area (Å²) in [6, 6.07) is 18.1. The highest BCUT2D eigenvalue weighted by atomic mass is 32.2. The molecule has 4 aromatic rings. The lowest BCUT2D eigenvalue weighted by Gasteiger charge is -2.08. The van der Waals surface area contributed by atoms with Crippen LogP contribution in [-0.4, -0.2) is 19.1 Å². The van der Waals surface area contributed by atoms with Gasteiger partial charge in [-0.15, -0.1) is 11.8 Å². The topological polar surface area (TPSA) is 64.7 Å². The Morgan fingerprint density at radius 2 is 1.74 bits per heavy atom. The number of nitrogens with one attached hydrogen (secondary N) is 1. The van der Waals surface area contributed by atoms with E-state index in [-0.39, 0.29) is 5.69 Å². The van der Waals surface area contributed by atoms with Crippen LogP contribution in [0.4, 0.5) is 11.5 Å². The number of fused-ring (bicyclic) bond motifs is 1. The first-order valence-corrected chi connectivity index (χ1v) is 9.51. The molecular weight excluding hydrogens is 358 g/mol. The molecule has 0 saturated carbocycles. The Labute approximate surface area is 160 Å². The monoisotopic (exact) mass is 377 g/mol. The van der Waals surface area contributed by atoms with Gasteiger partial charge < -0.3 is 5.32 Å². The van der Waals surface area contributed by atoms with Crippen LogP contribution in [0.15, 0.2) is 70.7 Å². The summed E-state index contributed by atoms with van der Waals surface area (Å²) in [4.78, 5) is 20.7. The Balaban J connectivity index is 1.53. The highest BCUT2D eigenvalue weighted by Crippen LogP contribution is 2.24. The van der Waals surface area contributed by atoms with Gasteiger partial charge in [0.1, 0.15) is 17.2 Å². The third-order valence-electron chi connectivity index (χ3n) is 4.42. The normalized spacial score (nSPS) is 11.0. The zero-order valence-corrected chi connectivity index (χ0v) is 15.9. The highest BCUT2D eigenvalue weighted by molar-refractivity contribution is 7.98. The summed E-state index contributed by atoms with van der Waals surface area (Å²) in [5.41, 5.74) is 3.87. The van der Waals surface area contributed by atoms with E-state index < -0.39 is 0 Å². The van der Waals surface area contributed by atoms with Crippen molar-refractivity contribution in [2.45, 2.75) is 10.8 Å². The minimum atomic E-state index is -0.0382. The number of benzene rings is 2. The van der Waals surface area contributed by atoms with Crippen molar-refractivity contribution in [3.05, 3.63) is 77.0 Å². The Hall–Kier alpha value is -3.06. The van der Waals surface area contributed by atoms with Crippen molar-refractivity contribution in [3.63, 3.8) is 0 Å². The van der Waals surface area contributed by atoms with Gasteiger partial charge in [0.2, 0.25) is 0 Å². The van der Waals surface area contributed by atoms with Gasteiger partial charge in [-0.25, -0.2) is 14.8 Å². The SMILES string of the molecule is Cn1c(=O)n(C)c2cc(Nc3cc(SCc4ccccc4)ncn3)ccc21. The molecule has 0 aliphatic heterocycles. The fourth-order valence-electron chi connectivity index (χ4n) is 2.95. The Morgan fingerprint density at radius 1 is 0.963 bits per heavy atom. The van der Waals surface area contributed by atoms with E-state index in [2.05, 4.69) is 27.4 Å². The Kier molecular flexibility index (Phi) is 4.68. The summed E-state index contributed by atoms with van der Waals surface area (Å²) in [6.07, 6.45) is 1.56. The lowest BCUT2D eigenvalue weighted by atomic mass is 10.2. The lowest BCUT2D eigenvalue weighted by molar-refractivity contribution is 0.795. The summed E-state index contributed by atoms with van der Waals surface area (Å²) in [5, 5.41) is 4.21. The van der Waals surface area contributed by atoms with Crippen molar-refractivity contribution in [2.75, 3.05) is 5.32 Å². The second kappa shape index (κ2) is 7.28. The quantitative estimate of drug-likeness (QED) is 0.424. The molecule has 2 heterocycles. The molecule has 0 saturated heterocycles. The largest absolute Gasteiger partial charge is 0.340 e. The van der Waals surface area contributed by atoms with Gasteiger partial charge in [-0.05, 0) is 23.8 Å². The van der Waals surface area contributed by atoms with Crippen molar-refractivity contribution in [1.82, 2.24) is 19.1 Å². The summed E-state index contributed by atoms with van der Waals surface area (Å²) in [5.74, 6) is 1.58. The van der Waals surface area contributed by atoms with Gasteiger partial charge >= 0.3 is 5.69 Å². The molecule has 0 atom stereocenters. The molecule has 4 rings (SSSR count). The molecular formula is C20H19N5OS. The van der Waals surface area contributed by atoms with E-state index in [1.54, 1.807) is 41.3 Å². The predicted octanol–water partition coefficient (Wildman–Crippen LogP) is 3.70. The summed E-state index contributed by atoms with van der Waals surface area (Å²) >= 11 is 1.67. The van der Waals surface area contributed by atoms with Crippen molar-refractivity contribution in [1.29, 1.82) is 0 Å². The van der Waals surface area contributed by atoms with Crippen LogP contribution in [0.1, 0.15) is 5.56 Å². The van der Waals surface area contributed by atoms with E-state index in [9.17, 15) is 4.79 Å². The molecule has 1 N–H and O–H groups in total. The molecule has 0 bridgehead atoms. The predicted molar refractivity (Wildman–Crippen MR) is 109 cm³/mol. The van der Waals surface area contributed by atoms with Gasteiger partial charge in [0.05, 0.1) is 11.0 Å². The van der Waals surface area contributed by atoms with E-state index in [1.807, 2.05) is 42.5 Å². The smallest absolute Gasteiger partial charge is 0.328 e. The average molecular weight is 377 g/mol. The van der Waals surface area contributed by atoms with Crippen molar-refractivity contribution >= 4 is 34.3 Å². The second-order valence-electron chi connectivity index (χ2n) is 6.24. The number of nitrogens with zero attached hydrogens (tertiary/aromatic N) is 4. The zero-order valence-electron chi connectivity index (χ0n) is 15.1. The second-order valence-corrected chi connectivity index (χ2v) is 7.24. The number of aromatic nitrogens is 4. The molecule has 2 aromatic carbocycles. The zero-order chi connectivity index (χ0) is 18.8. The maximum Gasteiger partial charge on any atom is 0.328 e. The Bertz CT molecular complexity index is 1150. The van der Waals surface area contributed by atoms with Crippen LogP contribution in [0.25, 0.3) is 11.0 Å². The number of imidazole rings is 1. The van der Waals surface area contributed by atoms with Crippen LogP contribution in [-0.2, 0) is 19.8 Å². The first kappa shape index (κ1) is 17.4. The van der Waals surface area contributed by atoms with Gasteiger partial charge in [0.25, 0.3) is 0 Å². The number of hydrogen-bond donors (Lipinski definition) is 1. The van der Waals surface area contributed by atoms with E-state index in [4.69, 9.17) is 0 Å². The molecule has 0 amide bonds. The molecule has 0 spiro atoms. The molecule has 0 fully saturated rings. The van der Waals surface area contributed by atoms with E-state index in [0.29, 0.717) is 0 Å². The molecule has 27 heavy (non-hydrogen) atoms. The number of hydrogen-bond acceptors (Lipinski definition) is 5. The van der Waals surface area contributed by atoms with Crippen molar-refractivity contribution < 1.29 is 0 Å². The van der Waals surface area contributed by atoms with Gasteiger partial charge in [0.15, 0.2) is 0 Å². The molecule has 0 radical (unpaired) electrons. The fraction of sp³-hybridized carbons (Fsp3) is 0.150. The van der Waals surface area contributed by atoms with Crippen LogP contribution in [0.2, 0.25) is 0 Å². The molecule has 7 heteroatoms. The van der Waals surface area contributed by atoms with Crippen molar-refractivity contribution in [2.24, 2.45) is 14.1 Å². The fourth-order valence-corrected chi connectivity index (χ4v) is 3.77. The molecule has 2 aromatic heterocycles. The van der Waals surface area contributed by atoms with E-state index in [0.717, 1.165) is 33.3 Å². The summed E-state index contributed by atoms with van der Waals surface area (Å²) in [7, 11) is 3.55. The van der Waals surface area contributed by atoms with Crippen LogP contribution in [0, 0.1) is 0 Å². The number of thioether (sulfide) groups is 1. The van der Waals surface area contributed by atoms with Crippen molar-refractivity contribution in [3.8, 4) is 0 Å². The third-order valence-corrected chi connectivity index (χ3v) is 5.41. The maximum atomic E-state index is 12.1. The first-order chi connectivity index (χ1) is 13.1. The van der Waals surface area contributed by atoms with E-state index >= 15 is 0 Å². The average Bonchev–Trinajstić information content (AvgIpc) is 2.91. The third kappa shape index (κ3) is 3.59. The van der Waals surface area contributed by atoms with Gasteiger partial charge in [0, 0.05) is 31.6 Å². The molecule has 0 aliphatic rings. The Morgan fingerprint density at radius 3 is 2.56 bits per heavy atom. The number of anilines is 2. The molecule has 6 nitrogen and oxygen atoms in total. The van der Waals surface area contributed by atoms with Crippen LogP contribution in [0.5, 0.6) is 0 Å². The molecule has 136 valence electrons. The lowest BCUT2D eigenvalue weighted by Crippen LogP contribution is -2.19. The van der Waals surface area contributed by atoms with Crippen LogP contribution < -0.4 is 11.0 Å². The molecule has 0 unspecified atom stereocenters. The summed E-state index contributed by atoms with van der Waals surface area (Å²) < 4.78 is 3.28. The standard InChI is InChI=1S/C20H19N5OS/c1-24-16-9-8-15(10-17(16)25(2)20(24)26)23-18-11-19(22-13-21-18)27-12-14-6-4-3-5-7-14/h3-11,13H,12H2,1-2H3,(H,21,22,23). The number of aryl methyl sites for hydroxylation is 2.